The Balaban J connectivity index is 2.09. The molecule has 1 aliphatic heterocycles. The maximum Gasteiger partial charge on any atom is 0.115 e. The summed E-state index contributed by atoms with van der Waals surface area (Å²) in [4.78, 5) is 8.18. The van der Waals surface area contributed by atoms with E-state index >= 15 is 0 Å². The summed E-state index contributed by atoms with van der Waals surface area (Å²) in [6.45, 7) is 4.82. The Hall–Kier alpha value is -1.00. The first-order valence-corrected chi connectivity index (χ1v) is 5.98. The van der Waals surface area contributed by atoms with Crippen LogP contribution >= 0.6 is 0 Å². The number of aromatic nitrogens is 2. The van der Waals surface area contributed by atoms with E-state index in [0.29, 0.717) is 12.0 Å². The molecular weight excluding hydrogens is 202 g/mol. The molecule has 0 aliphatic carbocycles. The Labute approximate surface area is 96.4 Å². The topological polar surface area (TPSA) is 47.0 Å². The van der Waals surface area contributed by atoms with Crippen molar-refractivity contribution < 1.29 is 4.74 Å². The van der Waals surface area contributed by atoms with Gasteiger partial charge in [-0.3, -0.25) is 0 Å². The van der Waals surface area contributed by atoms with Gasteiger partial charge in [-0.1, -0.05) is 6.92 Å². The van der Waals surface area contributed by atoms with Crippen LogP contribution < -0.4 is 5.32 Å². The van der Waals surface area contributed by atoms with Crippen LogP contribution in [0.15, 0.2) is 18.7 Å². The van der Waals surface area contributed by atoms with Crippen molar-refractivity contribution in [2.24, 2.45) is 5.92 Å². The van der Waals surface area contributed by atoms with Crippen LogP contribution in [0.5, 0.6) is 0 Å². The van der Waals surface area contributed by atoms with Crippen LogP contribution in [-0.2, 0) is 4.74 Å². The van der Waals surface area contributed by atoms with E-state index in [1.165, 1.54) is 12.0 Å². The maximum atomic E-state index is 5.55. The molecule has 16 heavy (non-hydrogen) atoms. The van der Waals surface area contributed by atoms with E-state index in [1.54, 1.807) is 6.33 Å². The maximum absolute atomic E-state index is 5.55. The molecule has 1 fully saturated rings. The molecule has 2 heterocycles. The summed E-state index contributed by atoms with van der Waals surface area (Å²) in [5.41, 5.74) is 1.17. The molecule has 1 aliphatic rings. The van der Waals surface area contributed by atoms with Gasteiger partial charge in [0, 0.05) is 36.5 Å². The summed E-state index contributed by atoms with van der Waals surface area (Å²) in [7, 11) is 0. The Morgan fingerprint density at radius 2 is 2.31 bits per heavy atom. The Morgan fingerprint density at radius 3 is 2.94 bits per heavy atom. The number of ether oxygens (including phenoxy) is 1. The predicted octanol–water partition coefficient (Wildman–Crippen LogP) is 1.55. The molecule has 2 unspecified atom stereocenters. The minimum atomic E-state index is 0.325. The summed E-state index contributed by atoms with van der Waals surface area (Å²) in [5.74, 6) is 0.541. The number of nitrogens with zero attached hydrogens (tertiary/aromatic N) is 2. The normalized spacial score (nSPS) is 22.9. The molecular formula is C12H19N3O. The lowest BCUT2D eigenvalue weighted by atomic mass is 9.90. The van der Waals surface area contributed by atoms with E-state index in [9.17, 15) is 0 Å². The molecule has 0 aromatic carbocycles. The monoisotopic (exact) mass is 221 g/mol. The van der Waals surface area contributed by atoms with Crippen LogP contribution in [0.2, 0.25) is 0 Å². The van der Waals surface area contributed by atoms with Gasteiger partial charge in [-0.15, -0.1) is 0 Å². The fourth-order valence-electron chi connectivity index (χ4n) is 2.28. The zero-order valence-electron chi connectivity index (χ0n) is 9.72. The molecule has 1 aromatic rings. The Bertz CT molecular complexity index is 298. The van der Waals surface area contributed by atoms with E-state index in [1.807, 2.05) is 12.4 Å². The van der Waals surface area contributed by atoms with Crippen molar-refractivity contribution in [1.82, 2.24) is 15.3 Å². The second-order valence-electron chi connectivity index (χ2n) is 4.18. The summed E-state index contributed by atoms with van der Waals surface area (Å²) >= 11 is 0. The number of nitrogens with one attached hydrogen (secondary N) is 1. The van der Waals surface area contributed by atoms with Gasteiger partial charge in [0.25, 0.3) is 0 Å². The third kappa shape index (κ3) is 2.77. The lowest BCUT2D eigenvalue weighted by molar-refractivity contribution is 0.0392. The van der Waals surface area contributed by atoms with Gasteiger partial charge < -0.3 is 10.1 Å². The van der Waals surface area contributed by atoms with Gasteiger partial charge in [0.15, 0.2) is 0 Å². The fraction of sp³-hybridized carbons (Fsp3) is 0.667. The minimum Gasteiger partial charge on any atom is -0.381 e. The average molecular weight is 221 g/mol. The van der Waals surface area contributed by atoms with E-state index in [4.69, 9.17) is 4.74 Å². The van der Waals surface area contributed by atoms with E-state index in [-0.39, 0.29) is 0 Å². The highest BCUT2D eigenvalue weighted by Gasteiger charge is 2.25. The summed E-state index contributed by atoms with van der Waals surface area (Å²) in [6, 6.07) is 0.325. The quantitative estimate of drug-likeness (QED) is 0.838. The van der Waals surface area contributed by atoms with Crippen molar-refractivity contribution in [3.8, 4) is 0 Å². The van der Waals surface area contributed by atoms with Crippen molar-refractivity contribution in [2.45, 2.75) is 25.8 Å². The third-order valence-corrected chi connectivity index (χ3v) is 3.03. The van der Waals surface area contributed by atoms with Crippen molar-refractivity contribution in [3.05, 3.63) is 24.3 Å². The smallest absolute Gasteiger partial charge is 0.115 e. The molecule has 1 N–H and O–H groups in total. The standard InChI is InChI=1S/C12H19N3O/c1-2-15-12(10-4-3-5-16-8-10)11-6-13-9-14-7-11/h6-7,9-10,12,15H,2-5,8H2,1H3. The fourth-order valence-corrected chi connectivity index (χ4v) is 2.28. The molecule has 1 saturated heterocycles. The minimum absolute atomic E-state index is 0.325. The van der Waals surface area contributed by atoms with Crippen molar-refractivity contribution in [2.75, 3.05) is 19.8 Å². The van der Waals surface area contributed by atoms with Gasteiger partial charge in [-0.25, -0.2) is 9.97 Å². The van der Waals surface area contributed by atoms with Gasteiger partial charge in [-0.2, -0.15) is 0 Å². The molecule has 1 aromatic heterocycles. The zero-order valence-corrected chi connectivity index (χ0v) is 9.72. The number of rotatable bonds is 4. The van der Waals surface area contributed by atoms with Crippen LogP contribution in [0.25, 0.3) is 0 Å². The van der Waals surface area contributed by atoms with Crippen LogP contribution in [0, 0.1) is 5.92 Å². The second-order valence-corrected chi connectivity index (χ2v) is 4.18. The Morgan fingerprint density at radius 1 is 1.50 bits per heavy atom. The lowest BCUT2D eigenvalue weighted by Crippen LogP contribution is -2.33. The van der Waals surface area contributed by atoms with Gasteiger partial charge in [-0.05, 0) is 19.4 Å². The van der Waals surface area contributed by atoms with E-state index in [0.717, 1.165) is 26.2 Å². The molecule has 0 amide bonds. The molecule has 4 heteroatoms. The first kappa shape index (κ1) is 11.5. The van der Waals surface area contributed by atoms with Crippen LogP contribution in [0.4, 0.5) is 0 Å². The lowest BCUT2D eigenvalue weighted by Gasteiger charge is -2.30. The highest BCUT2D eigenvalue weighted by Crippen LogP contribution is 2.27. The highest BCUT2D eigenvalue weighted by molar-refractivity contribution is 5.11. The molecule has 88 valence electrons. The average Bonchev–Trinajstić information content (AvgIpc) is 2.38. The molecule has 0 saturated carbocycles. The molecule has 2 rings (SSSR count). The first-order valence-electron chi connectivity index (χ1n) is 5.98. The van der Waals surface area contributed by atoms with Gasteiger partial charge in [0.05, 0.1) is 6.61 Å². The van der Waals surface area contributed by atoms with Crippen molar-refractivity contribution in [1.29, 1.82) is 0 Å². The number of hydrogen-bond acceptors (Lipinski definition) is 4. The van der Waals surface area contributed by atoms with E-state index < -0.39 is 0 Å². The van der Waals surface area contributed by atoms with Gasteiger partial charge >= 0.3 is 0 Å². The van der Waals surface area contributed by atoms with Crippen molar-refractivity contribution in [3.63, 3.8) is 0 Å². The van der Waals surface area contributed by atoms with Crippen LogP contribution in [0.1, 0.15) is 31.4 Å². The third-order valence-electron chi connectivity index (χ3n) is 3.03. The van der Waals surface area contributed by atoms with Gasteiger partial charge in [0.2, 0.25) is 0 Å². The second kappa shape index (κ2) is 5.92. The van der Waals surface area contributed by atoms with Crippen molar-refractivity contribution >= 4 is 0 Å². The summed E-state index contributed by atoms with van der Waals surface area (Å²) in [5, 5.41) is 3.51. The van der Waals surface area contributed by atoms with Crippen LogP contribution in [-0.4, -0.2) is 29.7 Å². The first-order chi connectivity index (χ1) is 7.92. The Kier molecular flexibility index (Phi) is 4.25. The number of hydrogen-bond donors (Lipinski definition) is 1. The molecule has 2 atom stereocenters. The molecule has 0 radical (unpaired) electrons. The SMILES string of the molecule is CCNC(c1cncnc1)C1CCCOC1. The summed E-state index contributed by atoms with van der Waals surface area (Å²) in [6.07, 6.45) is 7.74. The zero-order chi connectivity index (χ0) is 11.2. The van der Waals surface area contributed by atoms with E-state index in [2.05, 4.69) is 22.2 Å². The largest absolute Gasteiger partial charge is 0.381 e. The predicted molar refractivity (Wildman–Crippen MR) is 62.0 cm³/mol. The molecule has 4 nitrogen and oxygen atoms in total. The molecule has 0 bridgehead atoms. The highest BCUT2D eigenvalue weighted by atomic mass is 16.5. The molecule has 0 spiro atoms. The van der Waals surface area contributed by atoms with Crippen LogP contribution in [0.3, 0.4) is 0 Å². The summed E-state index contributed by atoms with van der Waals surface area (Å²) < 4.78 is 5.55. The van der Waals surface area contributed by atoms with Gasteiger partial charge in [0.1, 0.15) is 6.33 Å².